The molecule has 0 spiro atoms. The van der Waals surface area contributed by atoms with E-state index in [1.807, 2.05) is 12.3 Å². The van der Waals surface area contributed by atoms with Crippen LogP contribution in [0.2, 0.25) is 6.04 Å². The minimum absolute atomic E-state index is 0.863. The van der Waals surface area contributed by atoms with Gasteiger partial charge in [-0.15, -0.1) is 0 Å². The second-order valence-electron chi connectivity index (χ2n) is 5.38. The maximum Gasteiger partial charge on any atom is 0.500 e. The van der Waals surface area contributed by atoms with Crippen molar-refractivity contribution in [3.8, 4) is 0 Å². The summed E-state index contributed by atoms with van der Waals surface area (Å²) in [4.78, 5) is 4.54. The summed E-state index contributed by atoms with van der Waals surface area (Å²) in [5.41, 5.74) is 1.16. The van der Waals surface area contributed by atoms with E-state index in [0.717, 1.165) is 37.4 Å². The predicted octanol–water partition coefficient (Wildman–Crippen LogP) is 3.83. The van der Waals surface area contributed by atoms with Gasteiger partial charge in [-0.3, -0.25) is 4.98 Å². The molecule has 120 valence electrons. The number of hydrogen-bond acceptors (Lipinski definition) is 4. The van der Waals surface area contributed by atoms with Crippen LogP contribution in [0.15, 0.2) is 36.5 Å². The summed E-state index contributed by atoms with van der Waals surface area (Å²) in [6, 6.07) is 11.4. The lowest BCUT2D eigenvalue weighted by Gasteiger charge is -2.24. The fraction of sp³-hybridized carbons (Fsp3) is 0.471. The molecule has 2 rings (SSSR count). The SMILES string of the molecule is CO[Si](CCCCCc1cc2ccccc2cn1)(OC)OC. The van der Waals surface area contributed by atoms with Gasteiger partial charge in [0.1, 0.15) is 0 Å². The molecule has 0 N–H and O–H groups in total. The van der Waals surface area contributed by atoms with Gasteiger partial charge in [0.05, 0.1) is 0 Å². The summed E-state index contributed by atoms with van der Waals surface area (Å²) >= 11 is 0. The highest BCUT2D eigenvalue weighted by Crippen LogP contribution is 2.19. The largest absolute Gasteiger partial charge is 0.500 e. The van der Waals surface area contributed by atoms with Crippen LogP contribution in [0, 0.1) is 0 Å². The van der Waals surface area contributed by atoms with E-state index >= 15 is 0 Å². The Hall–Kier alpha value is -1.27. The van der Waals surface area contributed by atoms with Crippen molar-refractivity contribution in [3.05, 3.63) is 42.2 Å². The Morgan fingerprint density at radius 1 is 0.909 bits per heavy atom. The highest BCUT2D eigenvalue weighted by molar-refractivity contribution is 6.60. The number of aryl methyl sites for hydroxylation is 1. The zero-order valence-corrected chi connectivity index (χ0v) is 14.7. The molecule has 0 aliphatic carbocycles. The number of rotatable bonds is 9. The zero-order valence-electron chi connectivity index (χ0n) is 13.7. The molecule has 0 radical (unpaired) electrons. The smallest absolute Gasteiger partial charge is 0.377 e. The third-order valence-corrected chi connectivity index (χ3v) is 6.87. The van der Waals surface area contributed by atoms with Gasteiger partial charge in [0, 0.05) is 44.7 Å². The molecule has 0 saturated carbocycles. The van der Waals surface area contributed by atoms with E-state index in [0.29, 0.717) is 0 Å². The van der Waals surface area contributed by atoms with Crippen LogP contribution < -0.4 is 0 Å². The van der Waals surface area contributed by atoms with Crippen molar-refractivity contribution in [2.45, 2.75) is 31.7 Å². The van der Waals surface area contributed by atoms with E-state index in [9.17, 15) is 0 Å². The Balaban J connectivity index is 1.78. The normalized spacial score (nSPS) is 12.0. The summed E-state index contributed by atoms with van der Waals surface area (Å²) in [5, 5.41) is 2.46. The number of unbranched alkanes of at least 4 members (excludes halogenated alkanes) is 2. The average molecular weight is 319 g/mol. The fourth-order valence-corrected chi connectivity index (χ4v) is 4.44. The maximum atomic E-state index is 5.43. The molecule has 0 atom stereocenters. The van der Waals surface area contributed by atoms with E-state index in [1.165, 1.54) is 10.8 Å². The van der Waals surface area contributed by atoms with Crippen LogP contribution in [0.1, 0.15) is 25.0 Å². The van der Waals surface area contributed by atoms with E-state index in [-0.39, 0.29) is 0 Å². The van der Waals surface area contributed by atoms with Crippen molar-refractivity contribution < 1.29 is 13.3 Å². The fourth-order valence-electron chi connectivity index (χ4n) is 2.65. The van der Waals surface area contributed by atoms with E-state index < -0.39 is 8.80 Å². The Morgan fingerprint density at radius 3 is 2.27 bits per heavy atom. The molecule has 1 aromatic carbocycles. The average Bonchev–Trinajstić information content (AvgIpc) is 2.58. The van der Waals surface area contributed by atoms with Crippen LogP contribution in [0.25, 0.3) is 10.8 Å². The number of pyridine rings is 1. The first-order chi connectivity index (χ1) is 10.7. The van der Waals surface area contributed by atoms with Gasteiger partial charge in [-0.2, -0.15) is 0 Å². The molecule has 0 fully saturated rings. The van der Waals surface area contributed by atoms with Gasteiger partial charge in [-0.05, 0) is 30.7 Å². The van der Waals surface area contributed by atoms with Gasteiger partial charge in [0.25, 0.3) is 0 Å². The molecule has 2 aromatic rings. The third-order valence-electron chi connectivity index (χ3n) is 4.04. The summed E-state index contributed by atoms with van der Waals surface area (Å²) in [6.07, 6.45) is 6.26. The van der Waals surface area contributed by atoms with Crippen LogP contribution in [-0.4, -0.2) is 35.1 Å². The summed E-state index contributed by atoms with van der Waals surface area (Å²) < 4.78 is 16.3. The molecule has 4 nitrogen and oxygen atoms in total. The van der Waals surface area contributed by atoms with Gasteiger partial charge >= 0.3 is 8.80 Å². The van der Waals surface area contributed by atoms with Crippen LogP contribution >= 0.6 is 0 Å². The molecule has 0 amide bonds. The standard InChI is InChI=1S/C17H25NO3Si/c1-19-22(20-2,21-3)12-8-4-5-11-17-13-15-9-6-7-10-16(15)14-18-17/h6-7,9-10,13-14H,4-5,8,11-12H2,1-3H3. The van der Waals surface area contributed by atoms with Crippen molar-refractivity contribution in [2.24, 2.45) is 0 Å². The van der Waals surface area contributed by atoms with Crippen LogP contribution in [0.5, 0.6) is 0 Å². The molecule has 0 bridgehead atoms. The quantitative estimate of drug-likeness (QED) is 0.520. The molecule has 1 heterocycles. The lowest BCUT2D eigenvalue weighted by Crippen LogP contribution is -2.42. The molecule has 5 heteroatoms. The van der Waals surface area contributed by atoms with Gasteiger partial charge in [0.2, 0.25) is 0 Å². The van der Waals surface area contributed by atoms with Crippen LogP contribution in [0.4, 0.5) is 0 Å². The molecule has 0 unspecified atom stereocenters. The first kappa shape index (κ1) is 17.1. The van der Waals surface area contributed by atoms with E-state index in [2.05, 4.69) is 29.2 Å². The monoisotopic (exact) mass is 319 g/mol. The Kier molecular flexibility index (Phi) is 6.51. The highest BCUT2D eigenvalue weighted by atomic mass is 28.4. The number of nitrogens with zero attached hydrogens (tertiary/aromatic N) is 1. The van der Waals surface area contributed by atoms with Crippen molar-refractivity contribution in [1.82, 2.24) is 4.98 Å². The minimum Gasteiger partial charge on any atom is -0.377 e. The minimum atomic E-state index is -2.40. The summed E-state index contributed by atoms with van der Waals surface area (Å²) in [6.45, 7) is 0. The number of hydrogen-bond donors (Lipinski definition) is 0. The van der Waals surface area contributed by atoms with Gasteiger partial charge in [-0.25, -0.2) is 0 Å². The Morgan fingerprint density at radius 2 is 1.59 bits per heavy atom. The van der Waals surface area contributed by atoms with Gasteiger partial charge in [0.15, 0.2) is 0 Å². The Bertz CT molecular complexity index is 579. The van der Waals surface area contributed by atoms with Crippen molar-refractivity contribution in [1.29, 1.82) is 0 Å². The summed E-state index contributed by atoms with van der Waals surface area (Å²) in [7, 11) is 2.60. The predicted molar refractivity (Wildman–Crippen MR) is 90.9 cm³/mol. The van der Waals surface area contributed by atoms with E-state index in [1.54, 1.807) is 21.3 Å². The lowest BCUT2D eigenvalue weighted by atomic mass is 10.1. The first-order valence-electron chi connectivity index (χ1n) is 7.72. The third kappa shape index (κ3) is 4.36. The summed E-state index contributed by atoms with van der Waals surface area (Å²) in [5.74, 6) is 0. The van der Waals surface area contributed by atoms with Gasteiger partial charge in [-0.1, -0.05) is 30.7 Å². The number of benzene rings is 1. The zero-order chi connectivity index (χ0) is 15.8. The lowest BCUT2D eigenvalue weighted by molar-refractivity contribution is 0.122. The number of fused-ring (bicyclic) bond motifs is 1. The maximum absolute atomic E-state index is 5.43. The van der Waals surface area contributed by atoms with Gasteiger partial charge < -0.3 is 13.3 Å². The van der Waals surface area contributed by atoms with Crippen molar-refractivity contribution in [3.63, 3.8) is 0 Å². The molecule has 0 saturated heterocycles. The molecular formula is C17H25NO3Si. The van der Waals surface area contributed by atoms with Crippen molar-refractivity contribution in [2.75, 3.05) is 21.3 Å². The van der Waals surface area contributed by atoms with Crippen molar-refractivity contribution >= 4 is 19.6 Å². The topological polar surface area (TPSA) is 40.6 Å². The first-order valence-corrected chi connectivity index (χ1v) is 9.65. The second-order valence-corrected chi connectivity index (χ2v) is 8.47. The molecule has 0 aliphatic rings. The highest BCUT2D eigenvalue weighted by Gasteiger charge is 2.36. The van der Waals surface area contributed by atoms with E-state index in [4.69, 9.17) is 13.3 Å². The molecule has 1 aromatic heterocycles. The van der Waals surface area contributed by atoms with Crippen LogP contribution in [0.3, 0.4) is 0 Å². The molecular weight excluding hydrogens is 294 g/mol. The second kappa shape index (κ2) is 8.38. The molecule has 0 aliphatic heterocycles. The molecule has 22 heavy (non-hydrogen) atoms. The number of aromatic nitrogens is 1. The van der Waals surface area contributed by atoms with Crippen LogP contribution in [-0.2, 0) is 19.7 Å². The Labute approximate surface area is 133 Å².